The molecule has 1 amide bonds. The maximum atomic E-state index is 12.8. The van der Waals surface area contributed by atoms with Crippen molar-refractivity contribution in [2.24, 2.45) is 0 Å². The van der Waals surface area contributed by atoms with Crippen LogP contribution in [0.15, 0.2) is 54.6 Å². The van der Waals surface area contributed by atoms with Crippen LogP contribution in [0.1, 0.15) is 22.7 Å². The summed E-state index contributed by atoms with van der Waals surface area (Å²) < 4.78 is 4.83. The molecule has 1 saturated heterocycles. The number of ether oxygens (including phenoxy) is 1. The van der Waals surface area contributed by atoms with E-state index in [4.69, 9.17) is 4.74 Å². The molecule has 2 atom stereocenters. The molecule has 5 nitrogen and oxygen atoms in total. The molecule has 0 aliphatic carbocycles. The maximum absolute atomic E-state index is 12.8. The Kier molecular flexibility index (Phi) is 7.12. The zero-order valence-electron chi connectivity index (χ0n) is 16.3. The number of carbonyl (C=O) groups excluding carboxylic acids is 2. The molecule has 1 aliphatic heterocycles. The summed E-state index contributed by atoms with van der Waals surface area (Å²) in [6.07, 6.45) is 0. The van der Waals surface area contributed by atoms with Crippen molar-refractivity contribution in [2.75, 3.05) is 32.5 Å². The summed E-state index contributed by atoms with van der Waals surface area (Å²) in [5.74, 6) is 0.477. The van der Waals surface area contributed by atoms with Gasteiger partial charge in [-0.25, -0.2) is 0 Å². The number of amides is 1. The lowest BCUT2D eigenvalue weighted by Gasteiger charge is -2.31. The summed E-state index contributed by atoms with van der Waals surface area (Å²) in [6, 6.07) is 18.4. The number of esters is 1. The number of methoxy groups -OCH3 is 1. The molecule has 1 heterocycles. The van der Waals surface area contributed by atoms with Gasteiger partial charge in [0.1, 0.15) is 5.25 Å². The van der Waals surface area contributed by atoms with Gasteiger partial charge in [0.05, 0.1) is 19.7 Å². The second kappa shape index (κ2) is 9.75. The lowest BCUT2D eigenvalue weighted by molar-refractivity contribution is -0.141. The standard InChI is InChI=1S/C22H26N2O3S/c1-16-8-10-18(11-9-16)21(17-6-4-3-5-7-17)23-14-20(25)24-12-13-28-19(15-24)22(26)27-2/h3-11,19,21,23H,12-15H2,1-2H3/t19-,21+/m1/s1. The van der Waals surface area contributed by atoms with Gasteiger partial charge >= 0.3 is 5.97 Å². The van der Waals surface area contributed by atoms with Crippen molar-refractivity contribution in [3.8, 4) is 0 Å². The molecule has 28 heavy (non-hydrogen) atoms. The number of rotatable bonds is 6. The van der Waals surface area contributed by atoms with Gasteiger partial charge in [-0.05, 0) is 18.1 Å². The lowest BCUT2D eigenvalue weighted by atomic mass is 9.98. The highest BCUT2D eigenvalue weighted by Crippen LogP contribution is 2.23. The largest absolute Gasteiger partial charge is 0.468 e. The quantitative estimate of drug-likeness (QED) is 0.759. The fraction of sp³-hybridized carbons (Fsp3) is 0.364. The van der Waals surface area contributed by atoms with Crippen LogP contribution in [-0.2, 0) is 14.3 Å². The van der Waals surface area contributed by atoms with Crippen LogP contribution in [0.2, 0.25) is 0 Å². The summed E-state index contributed by atoms with van der Waals surface area (Å²) in [4.78, 5) is 26.3. The summed E-state index contributed by atoms with van der Waals surface area (Å²) in [5, 5.41) is 3.11. The normalized spacial score (nSPS) is 17.8. The van der Waals surface area contributed by atoms with Gasteiger partial charge in [0.2, 0.25) is 5.91 Å². The monoisotopic (exact) mass is 398 g/mol. The number of hydrogen-bond donors (Lipinski definition) is 1. The van der Waals surface area contributed by atoms with E-state index < -0.39 is 0 Å². The molecule has 2 aromatic rings. The first-order chi connectivity index (χ1) is 13.6. The highest BCUT2D eigenvalue weighted by molar-refractivity contribution is 8.00. The Morgan fingerprint density at radius 3 is 2.50 bits per heavy atom. The van der Waals surface area contributed by atoms with E-state index in [0.29, 0.717) is 13.1 Å². The summed E-state index contributed by atoms with van der Waals surface area (Å²) in [6.45, 7) is 3.33. The van der Waals surface area contributed by atoms with Crippen LogP contribution in [0.3, 0.4) is 0 Å². The van der Waals surface area contributed by atoms with E-state index in [1.807, 2.05) is 18.2 Å². The van der Waals surface area contributed by atoms with Crippen molar-refractivity contribution < 1.29 is 14.3 Å². The van der Waals surface area contributed by atoms with E-state index >= 15 is 0 Å². The number of nitrogens with one attached hydrogen (secondary N) is 1. The topological polar surface area (TPSA) is 58.6 Å². The van der Waals surface area contributed by atoms with E-state index in [9.17, 15) is 9.59 Å². The van der Waals surface area contributed by atoms with Gasteiger partial charge in [0, 0.05) is 18.8 Å². The molecule has 0 unspecified atom stereocenters. The fourth-order valence-corrected chi connectivity index (χ4v) is 4.41. The fourth-order valence-electron chi connectivity index (χ4n) is 3.28. The minimum atomic E-state index is -0.301. The molecule has 1 fully saturated rings. The molecular weight excluding hydrogens is 372 g/mol. The van der Waals surface area contributed by atoms with Crippen molar-refractivity contribution in [1.29, 1.82) is 0 Å². The van der Waals surface area contributed by atoms with Crippen LogP contribution in [0.5, 0.6) is 0 Å². The van der Waals surface area contributed by atoms with Crippen LogP contribution in [-0.4, -0.2) is 54.5 Å². The Morgan fingerprint density at radius 1 is 1.14 bits per heavy atom. The summed E-state index contributed by atoms with van der Waals surface area (Å²) in [7, 11) is 1.39. The Labute approximate surface area is 170 Å². The predicted molar refractivity (Wildman–Crippen MR) is 112 cm³/mol. The highest BCUT2D eigenvalue weighted by Gasteiger charge is 2.29. The first kappa shape index (κ1) is 20.4. The summed E-state index contributed by atoms with van der Waals surface area (Å²) >= 11 is 1.55. The third kappa shape index (κ3) is 5.14. The molecule has 1 N–H and O–H groups in total. The minimum absolute atomic E-state index is 0.00208. The van der Waals surface area contributed by atoms with Crippen molar-refractivity contribution >= 4 is 23.6 Å². The lowest BCUT2D eigenvalue weighted by Crippen LogP contribution is -2.48. The highest BCUT2D eigenvalue weighted by atomic mass is 32.2. The van der Waals surface area contributed by atoms with E-state index in [-0.39, 0.29) is 29.7 Å². The van der Waals surface area contributed by atoms with Crippen LogP contribution in [0.25, 0.3) is 0 Å². The molecule has 0 spiro atoms. The van der Waals surface area contributed by atoms with Crippen LogP contribution in [0.4, 0.5) is 0 Å². The van der Waals surface area contributed by atoms with E-state index in [0.717, 1.165) is 16.9 Å². The smallest absolute Gasteiger partial charge is 0.320 e. The number of nitrogens with zero attached hydrogens (tertiary/aromatic N) is 1. The third-order valence-corrected chi connectivity index (χ3v) is 6.05. The molecule has 0 saturated carbocycles. The third-order valence-electron chi connectivity index (χ3n) is 4.88. The molecular formula is C22H26N2O3S. The number of hydrogen-bond acceptors (Lipinski definition) is 5. The summed E-state index contributed by atoms with van der Waals surface area (Å²) in [5.41, 5.74) is 3.43. The zero-order chi connectivity index (χ0) is 19.9. The van der Waals surface area contributed by atoms with Gasteiger partial charge in [-0.3, -0.25) is 14.9 Å². The van der Waals surface area contributed by atoms with E-state index in [1.165, 1.54) is 12.7 Å². The van der Waals surface area contributed by atoms with Crippen LogP contribution in [0, 0.1) is 6.92 Å². The molecule has 3 rings (SSSR count). The SMILES string of the molecule is COC(=O)[C@H]1CN(C(=O)CN[C@@H](c2ccccc2)c2ccc(C)cc2)CCS1. The van der Waals surface area contributed by atoms with Crippen molar-refractivity contribution in [2.45, 2.75) is 18.2 Å². The number of aryl methyl sites for hydroxylation is 1. The van der Waals surface area contributed by atoms with Crippen molar-refractivity contribution in [3.05, 3.63) is 71.3 Å². The molecule has 148 valence electrons. The van der Waals surface area contributed by atoms with Crippen LogP contribution < -0.4 is 5.32 Å². The van der Waals surface area contributed by atoms with E-state index in [2.05, 4.69) is 48.6 Å². The maximum Gasteiger partial charge on any atom is 0.320 e. The van der Waals surface area contributed by atoms with E-state index in [1.54, 1.807) is 16.7 Å². The number of carbonyl (C=O) groups is 2. The van der Waals surface area contributed by atoms with Gasteiger partial charge in [0.15, 0.2) is 0 Å². The van der Waals surface area contributed by atoms with Gasteiger partial charge < -0.3 is 9.64 Å². The molecule has 6 heteroatoms. The average Bonchev–Trinajstić information content (AvgIpc) is 2.75. The Morgan fingerprint density at radius 2 is 1.82 bits per heavy atom. The van der Waals surface area contributed by atoms with Gasteiger partial charge in [-0.2, -0.15) is 0 Å². The molecule has 0 aromatic heterocycles. The molecule has 0 radical (unpaired) electrons. The van der Waals surface area contributed by atoms with Gasteiger partial charge in [-0.1, -0.05) is 60.2 Å². The van der Waals surface area contributed by atoms with Crippen molar-refractivity contribution in [1.82, 2.24) is 10.2 Å². The first-order valence-corrected chi connectivity index (χ1v) is 10.5. The van der Waals surface area contributed by atoms with Gasteiger partial charge in [0.25, 0.3) is 0 Å². The van der Waals surface area contributed by atoms with Crippen molar-refractivity contribution in [3.63, 3.8) is 0 Å². The minimum Gasteiger partial charge on any atom is -0.468 e. The predicted octanol–water partition coefficient (Wildman–Crippen LogP) is 2.79. The molecule has 1 aliphatic rings. The van der Waals surface area contributed by atoms with Crippen LogP contribution >= 0.6 is 11.8 Å². The first-order valence-electron chi connectivity index (χ1n) is 9.40. The number of thioether (sulfide) groups is 1. The Balaban J connectivity index is 1.68. The molecule has 2 aromatic carbocycles. The second-order valence-electron chi connectivity index (χ2n) is 6.86. The Hall–Kier alpha value is -2.31. The van der Waals surface area contributed by atoms with Gasteiger partial charge in [-0.15, -0.1) is 11.8 Å². The molecule has 0 bridgehead atoms. The number of benzene rings is 2. The second-order valence-corrected chi connectivity index (χ2v) is 8.17. The Bertz CT molecular complexity index is 795. The zero-order valence-corrected chi connectivity index (χ0v) is 17.1. The average molecular weight is 399 g/mol.